The van der Waals surface area contributed by atoms with Crippen LogP contribution in [-0.4, -0.2) is 31.4 Å². The molecule has 1 aromatic rings. The number of hydrogen-bond acceptors (Lipinski definition) is 3. The standard InChI is InChI=1S/C15H18FNO3/c16-13-3-1-12(2-4-13)14(18)5-6-15(19)17-9-11-7-8-20-10-11/h1-4,11H,5-10H2,(H,17,19)/t11-/m1/s1. The Morgan fingerprint density at radius 1 is 1.25 bits per heavy atom. The van der Waals surface area contributed by atoms with Crippen molar-refractivity contribution in [3.63, 3.8) is 0 Å². The third kappa shape index (κ3) is 4.42. The van der Waals surface area contributed by atoms with Crippen LogP contribution in [0.1, 0.15) is 29.6 Å². The lowest BCUT2D eigenvalue weighted by atomic mass is 10.1. The second-order valence-corrected chi connectivity index (χ2v) is 4.96. The van der Waals surface area contributed by atoms with Crippen LogP contribution < -0.4 is 5.32 Å². The highest BCUT2D eigenvalue weighted by Gasteiger charge is 2.16. The van der Waals surface area contributed by atoms with Crippen molar-refractivity contribution in [2.75, 3.05) is 19.8 Å². The molecule has 0 aromatic heterocycles. The number of carbonyl (C=O) groups is 2. The Bertz CT molecular complexity index is 467. The molecule has 0 unspecified atom stereocenters. The minimum Gasteiger partial charge on any atom is -0.381 e. The second-order valence-electron chi connectivity index (χ2n) is 4.96. The topological polar surface area (TPSA) is 55.4 Å². The molecule has 4 nitrogen and oxygen atoms in total. The van der Waals surface area contributed by atoms with Gasteiger partial charge in [0, 0.05) is 37.5 Å². The number of amides is 1. The van der Waals surface area contributed by atoms with Crippen molar-refractivity contribution >= 4 is 11.7 Å². The summed E-state index contributed by atoms with van der Waals surface area (Å²) in [7, 11) is 0. The summed E-state index contributed by atoms with van der Waals surface area (Å²) in [6.45, 7) is 2.04. The van der Waals surface area contributed by atoms with E-state index in [1.165, 1.54) is 24.3 Å². The van der Waals surface area contributed by atoms with Gasteiger partial charge < -0.3 is 10.1 Å². The number of ether oxygens (including phenoxy) is 1. The van der Waals surface area contributed by atoms with Crippen LogP contribution in [0.15, 0.2) is 24.3 Å². The summed E-state index contributed by atoms with van der Waals surface area (Å²) in [5.74, 6) is -0.276. The number of nitrogens with one attached hydrogen (secondary N) is 1. The highest BCUT2D eigenvalue weighted by atomic mass is 19.1. The molecule has 20 heavy (non-hydrogen) atoms. The molecule has 1 heterocycles. The summed E-state index contributed by atoms with van der Waals surface area (Å²) in [4.78, 5) is 23.4. The van der Waals surface area contributed by atoms with E-state index in [0.717, 1.165) is 13.0 Å². The summed E-state index contributed by atoms with van der Waals surface area (Å²) < 4.78 is 17.9. The van der Waals surface area contributed by atoms with Crippen LogP contribution in [-0.2, 0) is 9.53 Å². The number of benzene rings is 1. The minimum absolute atomic E-state index is 0.132. The monoisotopic (exact) mass is 279 g/mol. The van der Waals surface area contributed by atoms with Crippen molar-refractivity contribution in [3.8, 4) is 0 Å². The van der Waals surface area contributed by atoms with Crippen LogP contribution in [0.2, 0.25) is 0 Å². The SMILES string of the molecule is O=C(CCC(=O)c1ccc(F)cc1)NC[C@H]1CCOC1. The fourth-order valence-electron chi connectivity index (χ4n) is 2.10. The van der Waals surface area contributed by atoms with Crippen molar-refractivity contribution < 1.29 is 18.7 Å². The molecule has 5 heteroatoms. The molecule has 1 fully saturated rings. The van der Waals surface area contributed by atoms with Gasteiger partial charge in [-0.3, -0.25) is 9.59 Å². The Labute approximate surface area is 117 Å². The Hall–Kier alpha value is -1.75. The van der Waals surface area contributed by atoms with Crippen LogP contribution in [0, 0.1) is 11.7 Å². The lowest BCUT2D eigenvalue weighted by Gasteiger charge is -2.09. The molecule has 1 saturated heterocycles. The second kappa shape index (κ2) is 7.14. The zero-order valence-corrected chi connectivity index (χ0v) is 11.2. The van der Waals surface area contributed by atoms with Gasteiger partial charge in [0.1, 0.15) is 5.82 Å². The fourth-order valence-corrected chi connectivity index (χ4v) is 2.10. The molecule has 0 spiro atoms. The number of ketones is 1. The van der Waals surface area contributed by atoms with E-state index in [2.05, 4.69) is 5.32 Å². The van der Waals surface area contributed by atoms with Gasteiger partial charge >= 0.3 is 0 Å². The smallest absolute Gasteiger partial charge is 0.220 e. The third-order valence-electron chi connectivity index (χ3n) is 3.36. The Balaban J connectivity index is 1.69. The van der Waals surface area contributed by atoms with Gasteiger partial charge in [0.05, 0.1) is 6.61 Å². The summed E-state index contributed by atoms with van der Waals surface area (Å²) in [6.07, 6.45) is 1.26. The normalized spacial score (nSPS) is 17.9. The molecule has 1 aliphatic heterocycles. The van der Waals surface area contributed by atoms with Gasteiger partial charge in [-0.2, -0.15) is 0 Å². The maximum Gasteiger partial charge on any atom is 0.220 e. The van der Waals surface area contributed by atoms with Crippen LogP contribution in [0.3, 0.4) is 0 Å². The van der Waals surface area contributed by atoms with Gasteiger partial charge in [-0.15, -0.1) is 0 Å². The van der Waals surface area contributed by atoms with Gasteiger partial charge in [-0.1, -0.05) is 0 Å². The molecule has 0 saturated carbocycles. The molecule has 1 atom stereocenters. The first kappa shape index (κ1) is 14.7. The maximum atomic E-state index is 12.7. The maximum absolute atomic E-state index is 12.7. The molecule has 1 N–H and O–H groups in total. The molecule has 1 amide bonds. The first-order valence-corrected chi connectivity index (χ1v) is 6.78. The highest BCUT2D eigenvalue weighted by molar-refractivity contribution is 5.97. The van der Waals surface area contributed by atoms with E-state index in [0.29, 0.717) is 24.6 Å². The van der Waals surface area contributed by atoms with E-state index in [1.807, 2.05) is 0 Å². The number of hydrogen-bond donors (Lipinski definition) is 1. The predicted molar refractivity (Wildman–Crippen MR) is 71.9 cm³/mol. The molecule has 0 bridgehead atoms. The largest absolute Gasteiger partial charge is 0.381 e. The highest BCUT2D eigenvalue weighted by Crippen LogP contribution is 2.11. The van der Waals surface area contributed by atoms with Crippen molar-refractivity contribution in [3.05, 3.63) is 35.6 Å². The van der Waals surface area contributed by atoms with Crippen LogP contribution >= 0.6 is 0 Å². The lowest BCUT2D eigenvalue weighted by molar-refractivity contribution is -0.121. The van der Waals surface area contributed by atoms with E-state index >= 15 is 0 Å². The van der Waals surface area contributed by atoms with Crippen molar-refractivity contribution in [1.29, 1.82) is 0 Å². The van der Waals surface area contributed by atoms with Gasteiger partial charge in [0.25, 0.3) is 0 Å². The Morgan fingerprint density at radius 2 is 2.00 bits per heavy atom. The van der Waals surface area contributed by atoms with E-state index in [-0.39, 0.29) is 30.3 Å². The summed E-state index contributed by atoms with van der Waals surface area (Å²) in [5, 5.41) is 2.81. The summed E-state index contributed by atoms with van der Waals surface area (Å²) in [6, 6.07) is 5.36. The third-order valence-corrected chi connectivity index (χ3v) is 3.36. The van der Waals surface area contributed by atoms with E-state index < -0.39 is 0 Å². The quantitative estimate of drug-likeness (QED) is 0.810. The molecule has 0 aliphatic carbocycles. The van der Waals surface area contributed by atoms with Gasteiger partial charge in [0.2, 0.25) is 5.91 Å². The van der Waals surface area contributed by atoms with Crippen molar-refractivity contribution in [2.45, 2.75) is 19.3 Å². The average molecular weight is 279 g/mol. The first-order chi connectivity index (χ1) is 9.65. The first-order valence-electron chi connectivity index (χ1n) is 6.78. The average Bonchev–Trinajstić information content (AvgIpc) is 2.96. The van der Waals surface area contributed by atoms with Crippen LogP contribution in [0.25, 0.3) is 0 Å². The Morgan fingerprint density at radius 3 is 2.65 bits per heavy atom. The molecule has 2 rings (SSSR count). The zero-order valence-electron chi connectivity index (χ0n) is 11.2. The molecule has 108 valence electrons. The molecular weight excluding hydrogens is 261 g/mol. The lowest BCUT2D eigenvalue weighted by Crippen LogP contribution is -2.29. The summed E-state index contributed by atoms with van der Waals surface area (Å²) in [5.41, 5.74) is 0.434. The fraction of sp³-hybridized carbons (Fsp3) is 0.467. The van der Waals surface area contributed by atoms with Crippen molar-refractivity contribution in [1.82, 2.24) is 5.32 Å². The predicted octanol–water partition coefficient (Wildman–Crippen LogP) is 1.94. The van der Waals surface area contributed by atoms with Gasteiger partial charge in [-0.25, -0.2) is 4.39 Å². The molecule has 1 aromatic carbocycles. The molecular formula is C15H18FNO3. The zero-order chi connectivity index (χ0) is 14.4. The van der Waals surface area contributed by atoms with E-state index in [4.69, 9.17) is 4.74 Å². The van der Waals surface area contributed by atoms with E-state index in [1.54, 1.807) is 0 Å². The van der Waals surface area contributed by atoms with E-state index in [9.17, 15) is 14.0 Å². The minimum atomic E-state index is -0.377. The number of halogens is 1. The van der Waals surface area contributed by atoms with Crippen molar-refractivity contribution in [2.24, 2.45) is 5.92 Å². The number of carbonyl (C=O) groups excluding carboxylic acids is 2. The molecule has 1 aliphatic rings. The van der Waals surface area contributed by atoms with Crippen LogP contribution in [0.5, 0.6) is 0 Å². The number of rotatable bonds is 6. The Kier molecular flexibility index (Phi) is 5.24. The van der Waals surface area contributed by atoms with Gasteiger partial charge in [-0.05, 0) is 30.7 Å². The number of Topliss-reactive ketones (excluding diaryl/α,β-unsaturated/α-hetero) is 1. The van der Waals surface area contributed by atoms with Crippen LogP contribution in [0.4, 0.5) is 4.39 Å². The van der Waals surface area contributed by atoms with Gasteiger partial charge in [0.15, 0.2) is 5.78 Å². The molecule has 0 radical (unpaired) electrons. The summed E-state index contributed by atoms with van der Waals surface area (Å²) >= 11 is 0.